The molecular formula is C13H24O4. The number of aliphatic carboxylic acids is 1. The Morgan fingerprint density at radius 2 is 1.76 bits per heavy atom. The number of carboxylic acid groups (broad SMARTS) is 1. The number of carbonyl (C=O) groups is 2. The van der Waals surface area contributed by atoms with Gasteiger partial charge in [0.15, 0.2) is 6.10 Å². The minimum atomic E-state index is -1.08. The van der Waals surface area contributed by atoms with E-state index in [1.807, 2.05) is 27.7 Å². The van der Waals surface area contributed by atoms with E-state index >= 15 is 0 Å². The molecule has 4 nitrogen and oxygen atoms in total. The maximum Gasteiger partial charge on any atom is 0.345 e. The van der Waals surface area contributed by atoms with Gasteiger partial charge in [-0.05, 0) is 18.3 Å². The Hall–Kier alpha value is -1.06. The van der Waals surface area contributed by atoms with Gasteiger partial charge in [-0.25, -0.2) is 4.79 Å². The molecule has 100 valence electrons. The summed E-state index contributed by atoms with van der Waals surface area (Å²) in [6.07, 6.45) is 0.868. The lowest BCUT2D eigenvalue weighted by molar-refractivity contribution is -0.170. The minimum Gasteiger partial charge on any atom is -0.479 e. The maximum absolute atomic E-state index is 12.0. The molecule has 0 aliphatic rings. The van der Waals surface area contributed by atoms with Gasteiger partial charge >= 0.3 is 11.9 Å². The van der Waals surface area contributed by atoms with Gasteiger partial charge in [0.2, 0.25) is 0 Å². The Bertz CT molecular complexity index is 265. The Morgan fingerprint density at radius 1 is 1.24 bits per heavy atom. The van der Waals surface area contributed by atoms with Crippen LogP contribution in [0.1, 0.15) is 53.9 Å². The summed E-state index contributed by atoms with van der Waals surface area (Å²) in [4.78, 5) is 22.8. The molecule has 2 unspecified atom stereocenters. The van der Waals surface area contributed by atoms with Gasteiger partial charge in [-0.2, -0.15) is 0 Å². The van der Waals surface area contributed by atoms with Gasteiger partial charge in [0.25, 0.3) is 0 Å². The first-order valence-electron chi connectivity index (χ1n) is 6.17. The number of hydrogen-bond donors (Lipinski definition) is 1. The maximum atomic E-state index is 12.0. The first-order valence-corrected chi connectivity index (χ1v) is 6.17. The lowest BCUT2D eigenvalue weighted by atomic mass is 9.78. The standard InChI is InChI=1S/C13H24O4/c1-6-8-9(13(3,4)5)12(16)17-10(7-2)11(14)15/h9-10H,6-8H2,1-5H3,(H,14,15). The van der Waals surface area contributed by atoms with Crippen molar-refractivity contribution < 1.29 is 19.4 Å². The average molecular weight is 244 g/mol. The summed E-state index contributed by atoms with van der Waals surface area (Å²) in [5.74, 6) is -1.72. The predicted octanol–water partition coefficient (Wildman–Crippen LogP) is 2.86. The van der Waals surface area contributed by atoms with Crippen molar-refractivity contribution in [3.8, 4) is 0 Å². The van der Waals surface area contributed by atoms with Crippen molar-refractivity contribution in [2.75, 3.05) is 0 Å². The van der Waals surface area contributed by atoms with Crippen LogP contribution in [0.25, 0.3) is 0 Å². The van der Waals surface area contributed by atoms with Gasteiger partial charge in [-0.15, -0.1) is 0 Å². The van der Waals surface area contributed by atoms with E-state index < -0.39 is 18.0 Å². The number of carbonyl (C=O) groups excluding carboxylic acids is 1. The van der Waals surface area contributed by atoms with Crippen LogP contribution in [0.5, 0.6) is 0 Å². The average Bonchev–Trinajstić information content (AvgIpc) is 2.19. The van der Waals surface area contributed by atoms with E-state index in [2.05, 4.69) is 0 Å². The van der Waals surface area contributed by atoms with E-state index in [0.29, 0.717) is 6.42 Å². The number of ether oxygens (including phenoxy) is 1. The molecule has 0 aliphatic carbocycles. The van der Waals surface area contributed by atoms with Gasteiger partial charge in [0.1, 0.15) is 0 Å². The molecule has 0 aromatic carbocycles. The van der Waals surface area contributed by atoms with Crippen molar-refractivity contribution in [3.63, 3.8) is 0 Å². The Balaban J connectivity index is 4.68. The van der Waals surface area contributed by atoms with Crippen molar-refractivity contribution in [1.82, 2.24) is 0 Å². The topological polar surface area (TPSA) is 63.6 Å². The Labute approximate surface area is 103 Å². The molecule has 0 radical (unpaired) electrons. The fourth-order valence-corrected chi connectivity index (χ4v) is 1.72. The van der Waals surface area contributed by atoms with Gasteiger partial charge in [-0.3, -0.25) is 4.79 Å². The van der Waals surface area contributed by atoms with Crippen molar-refractivity contribution in [3.05, 3.63) is 0 Å². The van der Waals surface area contributed by atoms with Gasteiger partial charge in [0.05, 0.1) is 5.92 Å². The lowest BCUT2D eigenvalue weighted by Crippen LogP contribution is -2.35. The van der Waals surface area contributed by atoms with E-state index in [1.165, 1.54) is 0 Å². The summed E-state index contributed by atoms with van der Waals surface area (Å²) in [6, 6.07) is 0. The third-order valence-electron chi connectivity index (χ3n) is 2.81. The molecule has 0 saturated carbocycles. The molecule has 0 rings (SSSR count). The molecule has 17 heavy (non-hydrogen) atoms. The number of carboxylic acids is 1. The first kappa shape index (κ1) is 15.9. The largest absolute Gasteiger partial charge is 0.479 e. The zero-order valence-electron chi connectivity index (χ0n) is 11.4. The third-order valence-corrected chi connectivity index (χ3v) is 2.81. The third kappa shape index (κ3) is 5.20. The SMILES string of the molecule is CCCC(C(=O)OC(CC)C(=O)O)C(C)(C)C. The molecule has 0 aromatic rings. The summed E-state index contributed by atoms with van der Waals surface area (Å²) < 4.78 is 5.06. The fourth-order valence-electron chi connectivity index (χ4n) is 1.72. The second-order valence-corrected chi connectivity index (χ2v) is 5.38. The number of rotatable bonds is 6. The van der Waals surface area contributed by atoms with Crippen LogP contribution >= 0.6 is 0 Å². The van der Waals surface area contributed by atoms with Crippen molar-refractivity contribution >= 4 is 11.9 Å². The highest BCUT2D eigenvalue weighted by atomic mass is 16.6. The summed E-state index contributed by atoms with van der Waals surface area (Å²) >= 11 is 0. The number of esters is 1. The molecule has 0 aliphatic heterocycles. The van der Waals surface area contributed by atoms with E-state index in [1.54, 1.807) is 6.92 Å². The van der Waals surface area contributed by atoms with Gasteiger partial charge < -0.3 is 9.84 Å². The quantitative estimate of drug-likeness (QED) is 0.730. The normalized spacial score (nSPS) is 15.1. The van der Waals surface area contributed by atoms with Crippen molar-refractivity contribution in [1.29, 1.82) is 0 Å². The monoisotopic (exact) mass is 244 g/mol. The molecule has 4 heteroatoms. The van der Waals surface area contributed by atoms with Gasteiger partial charge in [0, 0.05) is 0 Å². The molecule has 0 bridgehead atoms. The van der Waals surface area contributed by atoms with Crippen LogP contribution < -0.4 is 0 Å². The summed E-state index contributed by atoms with van der Waals surface area (Å²) in [5, 5.41) is 8.86. The van der Waals surface area contributed by atoms with Crippen LogP contribution in [0.4, 0.5) is 0 Å². The molecule has 1 N–H and O–H groups in total. The van der Waals surface area contributed by atoms with Crippen LogP contribution in [-0.2, 0) is 14.3 Å². The van der Waals surface area contributed by atoms with Crippen LogP contribution in [0.15, 0.2) is 0 Å². The zero-order valence-corrected chi connectivity index (χ0v) is 11.4. The first-order chi connectivity index (χ1) is 7.73. The smallest absolute Gasteiger partial charge is 0.345 e. The van der Waals surface area contributed by atoms with E-state index in [0.717, 1.165) is 12.8 Å². The minimum absolute atomic E-state index is 0.204. The van der Waals surface area contributed by atoms with Crippen LogP contribution in [0.3, 0.4) is 0 Å². The Morgan fingerprint density at radius 3 is 2.06 bits per heavy atom. The molecule has 2 atom stereocenters. The summed E-state index contributed by atoms with van der Waals surface area (Å²) in [5.41, 5.74) is -0.204. The van der Waals surface area contributed by atoms with E-state index in [4.69, 9.17) is 9.84 Å². The Kier molecular flexibility index (Phi) is 6.21. The summed E-state index contributed by atoms with van der Waals surface area (Å²) in [6.45, 7) is 9.60. The van der Waals surface area contributed by atoms with Crippen LogP contribution in [-0.4, -0.2) is 23.1 Å². The highest BCUT2D eigenvalue weighted by molar-refractivity contribution is 5.79. The zero-order chi connectivity index (χ0) is 13.6. The molecule has 0 amide bonds. The number of hydrogen-bond acceptors (Lipinski definition) is 3. The molecular weight excluding hydrogens is 220 g/mol. The molecule has 0 fully saturated rings. The van der Waals surface area contributed by atoms with Crippen LogP contribution in [0, 0.1) is 11.3 Å². The molecule has 0 saturated heterocycles. The highest BCUT2D eigenvalue weighted by Crippen LogP contribution is 2.31. The highest BCUT2D eigenvalue weighted by Gasteiger charge is 2.34. The second kappa shape index (κ2) is 6.62. The molecule has 0 aromatic heterocycles. The summed E-state index contributed by atoms with van der Waals surface area (Å²) in [7, 11) is 0. The molecule has 0 spiro atoms. The van der Waals surface area contributed by atoms with E-state index in [9.17, 15) is 9.59 Å². The molecule has 0 heterocycles. The second-order valence-electron chi connectivity index (χ2n) is 5.38. The van der Waals surface area contributed by atoms with Crippen molar-refractivity contribution in [2.45, 2.75) is 60.0 Å². The van der Waals surface area contributed by atoms with Crippen molar-refractivity contribution in [2.24, 2.45) is 11.3 Å². The predicted molar refractivity (Wildman–Crippen MR) is 65.7 cm³/mol. The van der Waals surface area contributed by atoms with Gasteiger partial charge in [-0.1, -0.05) is 41.0 Å². The fraction of sp³-hybridized carbons (Fsp3) is 0.846. The van der Waals surface area contributed by atoms with E-state index in [-0.39, 0.29) is 11.3 Å². The lowest BCUT2D eigenvalue weighted by Gasteiger charge is -2.29. The van der Waals surface area contributed by atoms with Crippen LogP contribution in [0.2, 0.25) is 0 Å².